The maximum absolute atomic E-state index is 12.5. The molecule has 7 heteroatoms. The summed E-state index contributed by atoms with van der Waals surface area (Å²) in [4.78, 5) is 26.3. The largest absolute Gasteiger partial charge is 0.493 e. The lowest BCUT2D eigenvalue weighted by atomic mass is 10.1. The first kappa shape index (κ1) is 18.9. The van der Waals surface area contributed by atoms with E-state index in [0.29, 0.717) is 49.1 Å². The number of nitrogens with one attached hydrogen (secondary N) is 1. The summed E-state index contributed by atoms with van der Waals surface area (Å²) in [6.45, 7) is 1.61. The van der Waals surface area contributed by atoms with Crippen molar-refractivity contribution in [1.29, 1.82) is 0 Å². The van der Waals surface area contributed by atoms with Crippen LogP contribution in [0.3, 0.4) is 0 Å². The number of methoxy groups -OCH3 is 1. The van der Waals surface area contributed by atoms with Gasteiger partial charge in [0.05, 0.1) is 18.5 Å². The Morgan fingerprint density at radius 1 is 1.21 bits per heavy atom. The highest BCUT2D eigenvalue weighted by atomic mass is 16.6. The Kier molecular flexibility index (Phi) is 5.37. The molecule has 0 unspecified atom stereocenters. The monoisotopic (exact) mass is 394 g/mol. The second kappa shape index (κ2) is 8.26. The normalized spacial score (nSPS) is 15.6. The SMILES string of the molecule is COc1cc(/C=C/C(=O)Nc2ccccc2N2CCCC2=O)cc2c1OCCO2. The molecule has 0 spiro atoms. The zero-order valence-corrected chi connectivity index (χ0v) is 16.1. The van der Waals surface area contributed by atoms with E-state index in [-0.39, 0.29) is 11.8 Å². The van der Waals surface area contributed by atoms with Gasteiger partial charge in [-0.05, 0) is 42.3 Å². The van der Waals surface area contributed by atoms with Gasteiger partial charge in [-0.25, -0.2) is 0 Å². The van der Waals surface area contributed by atoms with E-state index in [2.05, 4.69) is 5.32 Å². The Morgan fingerprint density at radius 3 is 2.83 bits per heavy atom. The third kappa shape index (κ3) is 4.03. The molecule has 2 amide bonds. The molecule has 0 radical (unpaired) electrons. The molecule has 0 aliphatic carbocycles. The molecule has 0 bridgehead atoms. The van der Waals surface area contributed by atoms with Crippen molar-refractivity contribution in [2.75, 3.05) is 37.1 Å². The fraction of sp³-hybridized carbons (Fsp3) is 0.273. The lowest BCUT2D eigenvalue weighted by Gasteiger charge is -2.21. The fourth-order valence-electron chi connectivity index (χ4n) is 3.45. The van der Waals surface area contributed by atoms with Crippen molar-refractivity contribution in [2.24, 2.45) is 0 Å². The van der Waals surface area contributed by atoms with Crippen LogP contribution in [0.1, 0.15) is 18.4 Å². The first-order valence-electron chi connectivity index (χ1n) is 9.52. The molecule has 150 valence electrons. The van der Waals surface area contributed by atoms with E-state index in [1.165, 1.54) is 6.08 Å². The highest BCUT2D eigenvalue weighted by molar-refractivity contribution is 6.06. The van der Waals surface area contributed by atoms with Gasteiger partial charge < -0.3 is 24.4 Å². The quantitative estimate of drug-likeness (QED) is 0.788. The second-order valence-corrected chi connectivity index (χ2v) is 6.74. The number of carbonyl (C=O) groups excluding carboxylic acids is 2. The summed E-state index contributed by atoms with van der Waals surface area (Å²) >= 11 is 0. The summed E-state index contributed by atoms with van der Waals surface area (Å²) in [5.74, 6) is 1.50. The van der Waals surface area contributed by atoms with E-state index >= 15 is 0 Å². The molecule has 29 heavy (non-hydrogen) atoms. The lowest BCUT2D eigenvalue weighted by molar-refractivity contribution is -0.117. The summed E-state index contributed by atoms with van der Waals surface area (Å²) < 4.78 is 16.6. The van der Waals surface area contributed by atoms with Gasteiger partial charge in [0.2, 0.25) is 17.6 Å². The molecule has 0 aromatic heterocycles. The Morgan fingerprint density at radius 2 is 2.03 bits per heavy atom. The van der Waals surface area contributed by atoms with Crippen LogP contribution in [0.15, 0.2) is 42.5 Å². The molecule has 2 aromatic rings. The highest BCUT2D eigenvalue weighted by Crippen LogP contribution is 2.40. The number of benzene rings is 2. The van der Waals surface area contributed by atoms with Gasteiger partial charge >= 0.3 is 0 Å². The standard InChI is InChI=1S/C22H22N2O5/c1-27-18-13-15(14-19-22(18)29-12-11-28-19)8-9-20(25)23-16-5-2-3-6-17(16)24-10-4-7-21(24)26/h2-3,5-6,8-9,13-14H,4,7,10-12H2,1H3,(H,23,25)/b9-8+. The van der Waals surface area contributed by atoms with E-state index < -0.39 is 0 Å². The van der Waals surface area contributed by atoms with Crippen LogP contribution >= 0.6 is 0 Å². The topological polar surface area (TPSA) is 77.1 Å². The summed E-state index contributed by atoms with van der Waals surface area (Å²) in [5.41, 5.74) is 2.08. The van der Waals surface area contributed by atoms with Gasteiger partial charge in [-0.1, -0.05) is 12.1 Å². The van der Waals surface area contributed by atoms with Crippen molar-refractivity contribution in [3.63, 3.8) is 0 Å². The van der Waals surface area contributed by atoms with E-state index in [9.17, 15) is 9.59 Å². The van der Waals surface area contributed by atoms with Gasteiger partial charge in [-0.3, -0.25) is 9.59 Å². The van der Waals surface area contributed by atoms with Crippen molar-refractivity contribution in [3.05, 3.63) is 48.0 Å². The van der Waals surface area contributed by atoms with Crippen molar-refractivity contribution >= 4 is 29.3 Å². The number of amides is 2. The molecular formula is C22H22N2O5. The predicted octanol–water partition coefficient (Wildman–Crippen LogP) is 3.25. The Balaban J connectivity index is 1.51. The van der Waals surface area contributed by atoms with Crippen LogP contribution in [0, 0.1) is 0 Å². The Bertz CT molecular complexity index is 952. The molecule has 1 N–H and O–H groups in total. The van der Waals surface area contributed by atoms with Gasteiger partial charge in [-0.2, -0.15) is 0 Å². The molecule has 2 heterocycles. The Labute approximate surface area is 168 Å². The van der Waals surface area contributed by atoms with E-state index in [1.807, 2.05) is 18.2 Å². The van der Waals surface area contributed by atoms with Gasteiger partial charge in [0.25, 0.3) is 0 Å². The first-order chi connectivity index (χ1) is 14.2. The minimum Gasteiger partial charge on any atom is -0.493 e. The van der Waals surface area contributed by atoms with Gasteiger partial charge in [0.15, 0.2) is 11.5 Å². The molecule has 2 aliphatic rings. The Hall–Kier alpha value is -3.48. The smallest absolute Gasteiger partial charge is 0.248 e. The van der Waals surface area contributed by atoms with Gasteiger partial charge in [0, 0.05) is 19.0 Å². The summed E-state index contributed by atoms with van der Waals surface area (Å²) in [6, 6.07) is 10.9. The highest BCUT2D eigenvalue weighted by Gasteiger charge is 2.24. The van der Waals surface area contributed by atoms with E-state index in [1.54, 1.807) is 36.3 Å². The average Bonchev–Trinajstić information content (AvgIpc) is 3.17. The molecule has 4 rings (SSSR count). The van der Waals surface area contributed by atoms with Crippen LogP contribution in [0.5, 0.6) is 17.2 Å². The van der Waals surface area contributed by atoms with Crippen LogP contribution < -0.4 is 24.4 Å². The van der Waals surface area contributed by atoms with Crippen LogP contribution in [0.2, 0.25) is 0 Å². The third-order valence-electron chi connectivity index (χ3n) is 4.80. The zero-order valence-electron chi connectivity index (χ0n) is 16.1. The molecule has 1 fully saturated rings. The number of para-hydroxylation sites is 2. The molecular weight excluding hydrogens is 372 g/mol. The van der Waals surface area contributed by atoms with Crippen LogP contribution in [-0.2, 0) is 9.59 Å². The maximum Gasteiger partial charge on any atom is 0.248 e. The van der Waals surface area contributed by atoms with Crippen LogP contribution in [0.4, 0.5) is 11.4 Å². The van der Waals surface area contributed by atoms with Gasteiger partial charge in [0.1, 0.15) is 13.2 Å². The number of nitrogens with zero attached hydrogens (tertiary/aromatic N) is 1. The summed E-state index contributed by atoms with van der Waals surface area (Å²) in [6.07, 6.45) is 4.48. The number of rotatable bonds is 5. The van der Waals surface area contributed by atoms with Crippen LogP contribution in [-0.4, -0.2) is 38.7 Å². The van der Waals surface area contributed by atoms with E-state index in [4.69, 9.17) is 14.2 Å². The first-order valence-corrected chi connectivity index (χ1v) is 9.52. The number of fused-ring (bicyclic) bond motifs is 1. The fourth-order valence-corrected chi connectivity index (χ4v) is 3.45. The molecule has 2 aliphatic heterocycles. The van der Waals surface area contributed by atoms with Gasteiger partial charge in [-0.15, -0.1) is 0 Å². The van der Waals surface area contributed by atoms with E-state index in [0.717, 1.165) is 17.7 Å². The van der Waals surface area contributed by atoms with Crippen molar-refractivity contribution in [2.45, 2.75) is 12.8 Å². The molecule has 2 aromatic carbocycles. The predicted molar refractivity (Wildman–Crippen MR) is 110 cm³/mol. The molecule has 1 saturated heterocycles. The summed E-state index contributed by atoms with van der Waals surface area (Å²) in [7, 11) is 1.56. The zero-order chi connectivity index (χ0) is 20.2. The number of ether oxygens (including phenoxy) is 3. The van der Waals surface area contributed by atoms with Crippen molar-refractivity contribution < 1.29 is 23.8 Å². The molecule has 0 saturated carbocycles. The number of hydrogen-bond donors (Lipinski definition) is 1. The van der Waals surface area contributed by atoms with Crippen molar-refractivity contribution in [1.82, 2.24) is 0 Å². The minimum atomic E-state index is -0.294. The van der Waals surface area contributed by atoms with Crippen molar-refractivity contribution in [3.8, 4) is 17.2 Å². The summed E-state index contributed by atoms with van der Waals surface area (Å²) in [5, 5.41) is 2.86. The minimum absolute atomic E-state index is 0.0746. The molecule has 7 nitrogen and oxygen atoms in total. The molecule has 0 atom stereocenters. The second-order valence-electron chi connectivity index (χ2n) is 6.74. The maximum atomic E-state index is 12.5. The van der Waals surface area contributed by atoms with Crippen LogP contribution in [0.25, 0.3) is 6.08 Å². The average molecular weight is 394 g/mol. The number of hydrogen-bond acceptors (Lipinski definition) is 5. The number of anilines is 2. The third-order valence-corrected chi connectivity index (χ3v) is 4.80. The number of carbonyl (C=O) groups is 2. The lowest BCUT2D eigenvalue weighted by Crippen LogP contribution is -2.25.